The first-order chi connectivity index (χ1) is 15.1. The van der Waals surface area contributed by atoms with Crippen molar-refractivity contribution in [1.29, 1.82) is 0 Å². The van der Waals surface area contributed by atoms with Crippen LogP contribution in [0.5, 0.6) is 0 Å². The summed E-state index contributed by atoms with van der Waals surface area (Å²) in [4.78, 5) is 19.8. The van der Waals surface area contributed by atoms with E-state index in [1.165, 1.54) is 6.07 Å². The number of hydrogen-bond donors (Lipinski definition) is 2. The Bertz CT molecular complexity index is 1080. The molecule has 0 aliphatic carbocycles. The third-order valence-corrected chi connectivity index (χ3v) is 9.03. The lowest BCUT2D eigenvalue weighted by molar-refractivity contribution is -0.134. The molecule has 2 atom stereocenters. The van der Waals surface area contributed by atoms with E-state index in [-0.39, 0.29) is 34.4 Å². The summed E-state index contributed by atoms with van der Waals surface area (Å²) in [5, 5.41) is 0. The summed E-state index contributed by atoms with van der Waals surface area (Å²) in [6.45, 7) is 6.57. The number of nitrogens with zero attached hydrogens (tertiary/aromatic N) is 2. The van der Waals surface area contributed by atoms with Gasteiger partial charge in [0.15, 0.2) is 0 Å². The van der Waals surface area contributed by atoms with Crippen molar-refractivity contribution in [3.63, 3.8) is 0 Å². The number of sulfonamides is 2. The summed E-state index contributed by atoms with van der Waals surface area (Å²) in [6, 6.07) is 5.68. The minimum atomic E-state index is -3.68. The van der Waals surface area contributed by atoms with Crippen LogP contribution in [0.25, 0.3) is 0 Å². The second-order valence-electron chi connectivity index (χ2n) is 8.45. The molecule has 11 heteroatoms. The van der Waals surface area contributed by atoms with Crippen LogP contribution in [0.15, 0.2) is 34.2 Å². The van der Waals surface area contributed by atoms with E-state index in [2.05, 4.69) is 14.4 Å². The van der Waals surface area contributed by atoms with Crippen molar-refractivity contribution in [3.05, 3.63) is 29.8 Å². The number of amidine groups is 1. The smallest absolute Gasteiger partial charge is 0.263 e. The molecule has 1 fully saturated rings. The average Bonchev–Trinajstić information content (AvgIpc) is 3.01. The molecule has 0 saturated carbocycles. The number of fused-ring (bicyclic) bond motifs is 1. The number of carbonyl (C=O) groups excluding carboxylic acids is 1. The van der Waals surface area contributed by atoms with E-state index >= 15 is 0 Å². The molecule has 178 valence electrons. The Morgan fingerprint density at radius 1 is 1.25 bits per heavy atom. The van der Waals surface area contributed by atoms with Gasteiger partial charge in [-0.25, -0.2) is 21.6 Å². The van der Waals surface area contributed by atoms with E-state index < -0.39 is 26.1 Å². The van der Waals surface area contributed by atoms with Gasteiger partial charge in [-0.05, 0) is 37.3 Å². The summed E-state index contributed by atoms with van der Waals surface area (Å²) in [5.41, 5.74) is 0.470. The van der Waals surface area contributed by atoms with Gasteiger partial charge in [0.2, 0.25) is 15.9 Å². The van der Waals surface area contributed by atoms with Crippen LogP contribution >= 0.6 is 0 Å². The Hall–Kier alpha value is -1.98. The van der Waals surface area contributed by atoms with E-state index in [4.69, 9.17) is 0 Å². The minimum Gasteiger partial charge on any atom is -0.341 e. The highest BCUT2D eigenvalue weighted by Gasteiger charge is 2.35. The fourth-order valence-electron chi connectivity index (χ4n) is 4.00. The lowest BCUT2D eigenvalue weighted by atomic mass is 9.96. The highest BCUT2D eigenvalue weighted by Crippen LogP contribution is 2.25. The summed E-state index contributed by atoms with van der Waals surface area (Å²) in [5.74, 6) is 0.0386. The Morgan fingerprint density at radius 2 is 1.91 bits per heavy atom. The molecule has 2 aliphatic rings. The molecule has 2 aliphatic heterocycles. The molecule has 0 spiro atoms. The van der Waals surface area contributed by atoms with Gasteiger partial charge in [0.25, 0.3) is 10.0 Å². The highest BCUT2D eigenvalue weighted by atomic mass is 32.2. The van der Waals surface area contributed by atoms with E-state index in [1.807, 2.05) is 20.8 Å². The van der Waals surface area contributed by atoms with Gasteiger partial charge in [0.1, 0.15) is 11.9 Å². The van der Waals surface area contributed by atoms with Crippen molar-refractivity contribution in [2.45, 2.75) is 63.4 Å². The standard InChI is InChI=1S/C21H32N4O5S2/c1-4-14-31(27,28)23-16-10-12-25(13-11-16)21(26)19(15(3)5-2)22-20-17-8-6-7-9-18(17)32(29,30)24-20/h6-9,15-16,19,23H,4-5,10-14H2,1-3H3,(H,22,24)/t15-,19-/m0/s1. The average molecular weight is 485 g/mol. The fourth-order valence-corrected chi connectivity index (χ4v) is 6.64. The molecule has 2 N–H and O–H groups in total. The van der Waals surface area contributed by atoms with E-state index in [0.717, 1.165) is 0 Å². The molecular formula is C21H32N4O5S2. The monoisotopic (exact) mass is 484 g/mol. The normalized spacial score (nSPS) is 21.7. The highest BCUT2D eigenvalue weighted by molar-refractivity contribution is 7.90. The Labute approximate surface area is 190 Å². The Morgan fingerprint density at radius 3 is 2.53 bits per heavy atom. The molecule has 0 unspecified atom stereocenters. The molecule has 0 bridgehead atoms. The third-order valence-electron chi connectivity index (χ3n) is 5.99. The molecule has 0 aromatic heterocycles. The maximum absolute atomic E-state index is 13.4. The summed E-state index contributed by atoms with van der Waals surface area (Å²) < 4.78 is 54.1. The number of piperidine rings is 1. The van der Waals surface area contributed by atoms with Gasteiger partial charge in [0, 0.05) is 24.7 Å². The number of amides is 1. The summed E-state index contributed by atoms with van der Waals surface area (Å²) in [7, 11) is -6.98. The maximum atomic E-state index is 13.4. The summed E-state index contributed by atoms with van der Waals surface area (Å²) >= 11 is 0. The lowest BCUT2D eigenvalue weighted by Gasteiger charge is -2.34. The Balaban J connectivity index is 1.76. The first-order valence-corrected chi connectivity index (χ1v) is 14.2. The van der Waals surface area contributed by atoms with Gasteiger partial charge >= 0.3 is 0 Å². The van der Waals surface area contributed by atoms with Crippen LogP contribution in [0, 0.1) is 5.92 Å². The topological polar surface area (TPSA) is 125 Å². The first-order valence-electron chi connectivity index (χ1n) is 11.1. The first kappa shape index (κ1) is 24.7. The Kier molecular flexibility index (Phi) is 7.61. The van der Waals surface area contributed by atoms with Crippen LogP contribution in [0.4, 0.5) is 0 Å². The zero-order chi connectivity index (χ0) is 23.5. The molecule has 2 heterocycles. The molecule has 1 saturated heterocycles. The van der Waals surface area contributed by atoms with Crippen LogP contribution in [-0.2, 0) is 24.8 Å². The molecule has 3 rings (SSSR count). The third kappa shape index (κ3) is 5.49. The van der Waals surface area contributed by atoms with Gasteiger partial charge in [-0.1, -0.05) is 39.3 Å². The van der Waals surface area contributed by atoms with Crippen molar-refractivity contribution in [1.82, 2.24) is 14.3 Å². The van der Waals surface area contributed by atoms with Crippen molar-refractivity contribution < 1.29 is 21.6 Å². The number of hydrogen-bond acceptors (Lipinski definition) is 6. The second kappa shape index (κ2) is 9.88. The predicted molar refractivity (Wildman–Crippen MR) is 123 cm³/mol. The van der Waals surface area contributed by atoms with E-state index in [9.17, 15) is 21.6 Å². The lowest BCUT2D eigenvalue weighted by Crippen LogP contribution is -2.50. The molecular weight excluding hydrogens is 452 g/mol. The number of rotatable bonds is 8. The van der Waals surface area contributed by atoms with Crippen LogP contribution in [-0.4, -0.2) is 64.4 Å². The maximum Gasteiger partial charge on any atom is 0.263 e. The largest absolute Gasteiger partial charge is 0.341 e. The summed E-state index contributed by atoms with van der Waals surface area (Å²) in [6.07, 6.45) is 2.33. The second-order valence-corrected chi connectivity index (χ2v) is 12.0. The predicted octanol–water partition coefficient (Wildman–Crippen LogP) is 1.46. The fraction of sp³-hybridized carbons (Fsp3) is 0.619. The molecule has 1 aromatic carbocycles. The molecule has 32 heavy (non-hydrogen) atoms. The number of benzene rings is 1. The van der Waals surface area contributed by atoms with E-state index in [0.29, 0.717) is 44.3 Å². The van der Waals surface area contributed by atoms with Crippen LogP contribution in [0.2, 0.25) is 0 Å². The van der Waals surface area contributed by atoms with Crippen LogP contribution in [0.3, 0.4) is 0 Å². The van der Waals surface area contributed by atoms with Crippen molar-refractivity contribution in [2.75, 3.05) is 18.8 Å². The molecule has 9 nitrogen and oxygen atoms in total. The number of likely N-dealkylation sites (tertiary alicyclic amines) is 1. The van der Waals surface area contributed by atoms with Crippen molar-refractivity contribution in [3.8, 4) is 0 Å². The van der Waals surface area contributed by atoms with Crippen LogP contribution < -0.4 is 9.44 Å². The zero-order valence-electron chi connectivity index (χ0n) is 18.7. The quantitative estimate of drug-likeness (QED) is 0.578. The number of nitrogens with one attached hydrogen (secondary N) is 2. The van der Waals surface area contributed by atoms with Crippen molar-refractivity contribution >= 4 is 31.8 Å². The molecule has 0 radical (unpaired) electrons. The van der Waals surface area contributed by atoms with Gasteiger partial charge < -0.3 is 4.90 Å². The van der Waals surface area contributed by atoms with Crippen LogP contribution in [0.1, 0.15) is 52.0 Å². The molecule has 1 aromatic rings. The number of aliphatic imine (C=N–C) groups is 1. The SMILES string of the molecule is CCCS(=O)(=O)NC1CCN(C(=O)[C@@H](N=C2NS(=O)(=O)c3ccccc32)[C@@H](C)CC)CC1. The zero-order valence-corrected chi connectivity index (χ0v) is 20.4. The van der Waals surface area contributed by atoms with Gasteiger partial charge in [-0.3, -0.25) is 14.5 Å². The minimum absolute atomic E-state index is 0.0898. The van der Waals surface area contributed by atoms with Gasteiger partial charge in [-0.15, -0.1) is 0 Å². The van der Waals surface area contributed by atoms with E-state index in [1.54, 1.807) is 23.1 Å². The van der Waals surface area contributed by atoms with Crippen molar-refractivity contribution in [2.24, 2.45) is 10.9 Å². The molecule has 1 amide bonds. The number of carbonyl (C=O) groups is 1. The van der Waals surface area contributed by atoms with Gasteiger partial charge in [0.05, 0.1) is 10.6 Å². The van der Waals surface area contributed by atoms with Gasteiger partial charge in [-0.2, -0.15) is 0 Å².